The Labute approximate surface area is 92.1 Å². The largest absolute Gasteiger partial charge is 0.494 e. The first-order valence-corrected chi connectivity index (χ1v) is 4.80. The lowest BCUT2D eigenvalue weighted by atomic mass is 10.2. The number of hydrogen-bond donors (Lipinski definition) is 1. The third kappa shape index (κ3) is 3.99. The molecule has 0 aliphatic heterocycles. The molecule has 0 bridgehead atoms. The lowest BCUT2D eigenvalue weighted by Gasteiger charge is -2.09. The van der Waals surface area contributed by atoms with Gasteiger partial charge in [-0.3, -0.25) is 0 Å². The predicted octanol–water partition coefficient (Wildman–Crippen LogP) is 2.62. The molecule has 0 aliphatic rings. The summed E-state index contributed by atoms with van der Waals surface area (Å²) in [5.41, 5.74) is 1.23. The summed E-state index contributed by atoms with van der Waals surface area (Å²) in [7, 11) is 0. The van der Waals surface area contributed by atoms with Crippen LogP contribution in [0, 0.1) is 0 Å². The maximum absolute atomic E-state index is 5.49. The molecule has 0 radical (unpaired) electrons. The summed E-state index contributed by atoms with van der Waals surface area (Å²) in [6, 6.07) is 8.14. The molecule has 80 valence electrons. The third-order valence-corrected chi connectivity index (χ3v) is 1.84. The Morgan fingerprint density at radius 3 is 2.57 bits per heavy atom. The minimum Gasteiger partial charge on any atom is -0.494 e. The first-order chi connectivity index (χ1) is 6.38. The van der Waals surface area contributed by atoms with Crippen LogP contribution in [0.15, 0.2) is 24.3 Å². The first-order valence-electron chi connectivity index (χ1n) is 4.80. The van der Waals surface area contributed by atoms with Crippen molar-refractivity contribution in [3.05, 3.63) is 29.8 Å². The van der Waals surface area contributed by atoms with Gasteiger partial charge in [-0.25, -0.2) is 0 Å². The second-order valence-electron chi connectivity index (χ2n) is 2.82. The maximum Gasteiger partial charge on any atom is 0.123 e. The Morgan fingerprint density at radius 2 is 1.93 bits per heavy atom. The smallest absolute Gasteiger partial charge is 0.123 e. The van der Waals surface area contributed by atoms with Gasteiger partial charge in [-0.1, -0.05) is 25.1 Å². The van der Waals surface area contributed by atoms with Crippen LogP contribution in [0.3, 0.4) is 0 Å². The Hall–Kier alpha value is -0.730. The molecule has 0 spiro atoms. The van der Waals surface area contributed by atoms with E-state index in [2.05, 4.69) is 18.3 Å². The lowest BCUT2D eigenvalue weighted by molar-refractivity contribution is 0.335. The lowest BCUT2D eigenvalue weighted by Crippen LogP contribution is -2.12. The number of para-hydroxylation sites is 1. The van der Waals surface area contributed by atoms with Gasteiger partial charge in [-0.15, -0.1) is 12.4 Å². The SMILES string of the molecule is CCNCc1ccccc1OCC.Cl. The van der Waals surface area contributed by atoms with Gasteiger partial charge in [0.25, 0.3) is 0 Å². The quantitative estimate of drug-likeness (QED) is 0.816. The molecular formula is C11H18ClNO. The van der Waals surface area contributed by atoms with E-state index in [4.69, 9.17) is 4.74 Å². The van der Waals surface area contributed by atoms with Crippen LogP contribution in [0.2, 0.25) is 0 Å². The van der Waals surface area contributed by atoms with Gasteiger partial charge in [-0.2, -0.15) is 0 Å². The van der Waals surface area contributed by atoms with Crippen molar-refractivity contribution in [3.8, 4) is 5.75 Å². The third-order valence-electron chi connectivity index (χ3n) is 1.84. The predicted molar refractivity (Wildman–Crippen MR) is 62.2 cm³/mol. The molecule has 3 heteroatoms. The zero-order chi connectivity index (χ0) is 9.52. The minimum absolute atomic E-state index is 0. The topological polar surface area (TPSA) is 21.3 Å². The molecular weight excluding hydrogens is 198 g/mol. The molecule has 0 saturated carbocycles. The maximum atomic E-state index is 5.49. The zero-order valence-electron chi connectivity index (χ0n) is 8.75. The van der Waals surface area contributed by atoms with Gasteiger partial charge in [0, 0.05) is 12.1 Å². The van der Waals surface area contributed by atoms with Crippen molar-refractivity contribution >= 4 is 12.4 Å². The van der Waals surface area contributed by atoms with E-state index in [-0.39, 0.29) is 12.4 Å². The molecule has 1 rings (SSSR count). The number of halogens is 1. The Balaban J connectivity index is 0.00000169. The van der Waals surface area contributed by atoms with Gasteiger partial charge in [0.1, 0.15) is 5.75 Å². The van der Waals surface area contributed by atoms with Crippen LogP contribution in [0.5, 0.6) is 5.75 Å². The number of nitrogens with one attached hydrogen (secondary N) is 1. The van der Waals surface area contributed by atoms with Gasteiger partial charge in [0.15, 0.2) is 0 Å². The average Bonchev–Trinajstić information content (AvgIpc) is 2.17. The second kappa shape index (κ2) is 7.65. The van der Waals surface area contributed by atoms with E-state index in [1.807, 2.05) is 25.1 Å². The van der Waals surface area contributed by atoms with Crippen molar-refractivity contribution in [1.29, 1.82) is 0 Å². The average molecular weight is 216 g/mol. The van der Waals surface area contributed by atoms with Crippen LogP contribution >= 0.6 is 12.4 Å². The van der Waals surface area contributed by atoms with Gasteiger partial charge >= 0.3 is 0 Å². The summed E-state index contributed by atoms with van der Waals surface area (Å²) in [6.45, 7) is 6.70. The zero-order valence-corrected chi connectivity index (χ0v) is 9.56. The molecule has 1 aromatic carbocycles. The fourth-order valence-electron chi connectivity index (χ4n) is 1.21. The molecule has 1 aromatic rings. The Kier molecular flexibility index (Phi) is 7.25. The van der Waals surface area contributed by atoms with Crippen molar-refractivity contribution in [1.82, 2.24) is 5.32 Å². The van der Waals surface area contributed by atoms with Crippen LogP contribution in [0.4, 0.5) is 0 Å². The van der Waals surface area contributed by atoms with Crippen LogP contribution in [0.25, 0.3) is 0 Å². The normalized spacial score (nSPS) is 9.29. The highest BCUT2D eigenvalue weighted by Gasteiger charge is 1.99. The van der Waals surface area contributed by atoms with Gasteiger partial charge < -0.3 is 10.1 Å². The highest BCUT2D eigenvalue weighted by molar-refractivity contribution is 5.85. The monoisotopic (exact) mass is 215 g/mol. The van der Waals surface area contributed by atoms with E-state index in [9.17, 15) is 0 Å². The van der Waals surface area contributed by atoms with E-state index in [1.165, 1.54) is 5.56 Å². The molecule has 0 aliphatic carbocycles. The molecule has 0 heterocycles. The van der Waals surface area contributed by atoms with Crippen molar-refractivity contribution in [2.45, 2.75) is 20.4 Å². The molecule has 0 atom stereocenters. The number of hydrogen-bond acceptors (Lipinski definition) is 2. The molecule has 14 heavy (non-hydrogen) atoms. The Bertz CT molecular complexity index is 253. The van der Waals surface area contributed by atoms with E-state index in [0.29, 0.717) is 0 Å². The van der Waals surface area contributed by atoms with E-state index in [1.54, 1.807) is 0 Å². The summed E-state index contributed by atoms with van der Waals surface area (Å²) < 4.78 is 5.49. The highest BCUT2D eigenvalue weighted by atomic mass is 35.5. The number of ether oxygens (including phenoxy) is 1. The molecule has 1 N–H and O–H groups in total. The summed E-state index contributed by atoms with van der Waals surface area (Å²) in [6.07, 6.45) is 0. The molecule has 0 aromatic heterocycles. The van der Waals surface area contributed by atoms with E-state index in [0.717, 1.165) is 25.4 Å². The fourth-order valence-corrected chi connectivity index (χ4v) is 1.21. The van der Waals surface area contributed by atoms with Crippen LogP contribution < -0.4 is 10.1 Å². The van der Waals surface area contributed by atoms with Crippen molar-refractivity contribution < 1.29 is 4.74 Å². The number of benzene rings is 1. The van der Waals surface area contributed by atoms with Crippen molar-refractivity contribution in [2.75, 3.05) is 13.2 Å². The summed E-state index contributed by atoms with van der Waals surface area (Å²) >= 11 is 0. The Morgan fingerprint density at radius 1 is 1.21 bits per heavy atom. The van der Waals surface area contributed by atoms with Crippen LogP contribution in [0.1, 0.15) is 19.4 Å². The van der Waals surface area contributed by atoms with Gasteiger partial charge in [0.05, 0.1) is 6.61 Å². The van der Waals surface area contributed by atoms with Crippen LogP contribution in [-0.4, -0.2) is 13.2 Å². The van der Waals surface area contributed by atoms with Gasteiger partial charge in [-0.05, 0) is 19.5 Å². The van der Waals surface area contributed by atoms with Crippen molar-refractivity contribution in [2.24, 2.45) is 0 Å². The first kappa shape index (κ1) is 13.3. The fraction of sp³-hybridized carbons (Fsp3) is 0.455. The molecule has 0 unspecified atom stereocenters. The summed E-state index contributed by atoms with van der Waals surface area (Å²) in [4.78, 5) is 0. The van der Waals surface area contributed by atoms with E-state index >= 15 is 0 Å². The molecule has 0 saturated heterocycles. The number of rotatable bonds is 5. The van der Waals surface area contributed by atoms with E-state index < -0.39 is 0 Å². The molecule has 0 fully saturated rings. The van der Waals surface area contributed by atoms with Crippen molar-refractivity contribution in [3.63, 3.8) is 0 Å². The standard InChI is InChI=1S/C11H17NO.ClH/c1-3-12-9-10-7-5-6-8-11(10)13-4-2;/h5-8,12H,3-4,9H2,1-2H3;1H. The minimum atomic E-state index is 0. The van der Waals surface area contributed by atoms with Gasteiger partial charge in [0.2, 0.25) is 0 Å². The second-order valence-corrected chi connectivity index (χ2v) is 2.82. The summed E-state index contributed by atoms with van der Waals surface area (Å²) in [5, 5.41) is 3.28. The highest BCUT2D eigenvalue weighted by Crippen LogP contribution is 2.17. The molecule has 0 amide bonds. The molecule has 2 nitrogen and oxygen atoms in total. The summed E-state index contributed by atoms with van der Waals surface area (Å²) in [5.74, 6) is 0.992. The van der Waals surface area contributed by atoms with Crippen LogP contribution in [-0.2, 0) is 6.54 Å².